The average Bonchev–Trinajstić information content (AvgIpc) is 2.66. The van der Waals surface area contributed by atoms with Gasteiger partial charge >= 0.3 is 0 Å². The third-order valence-corrected chi connectivity index (χ3v) is 2.95. The molecule has 0 spiro atoms. The molecule has 0 radical (unpaired) electrons. The first-order valence-corrected chi connectivity index (χ1v) is 5.64. The average molecular weight is 255 g/mol. The molecule has 2 aromatic rings. The summed E-state index contributed by atoms with van der Waals surface area (Å²) in [6, 6.07) is 7.90. The van der Waals surface area contributed by atoms with Crippen LogP contribution >= 0.6 is 0 Å². The van der Waals surface area contributed by atoms with Crippen LogP contribution in [0.25, 0.3) is 0 Å². The third kappa shape index (κ3) is 1.57. The van der Waals surface area contributed by atoms with Gasteiger partial charge in [-0.3, -0.25) is 14.4 Å². The Morgan fingerprint density at radius 1 is 1.05 bits per heavy atom. The summed E-state index contributed by atoms with van der Waals surface area (Å²) in [5, 5.41) is 5.98. The van der Waals surface area contributed by atoms with E-state index in [1.165, 1.54) is 6.07 Å². The van der Waals surface area contributed by atoms with Crippen molar-refractivity contribution in [2.24, 2.45) is 0 Å². The number of amides is 2. The minimum absolute atomic E-state index is 0.00120. The summed E-state index contributed by atoms with van der Waals surface area (Å²) in [7, 11) is 0. The van der Waals surface area contributed by atoms with Crippen LogP contribution in [-0.2, 0) is 0 Å². The van der Waals surface area contributed by atoms with Crippen LogP contribution in [0.3, 0.4) is 0 Å². The first-order valence-electron chi connectivity index (χ1n) is 5.64. The molecule has 0 fully saturated rings. The Balaban J connectivity index is 2.19. The molecule has 1 aromatic carbocycles. The van der Waals surface area contributed by atoms with E-state index >= 15 is 0 Å². The van der Waals surface area contributed by atoms with Gasteiger partial charge in [-0.05, 0) is 25.1 Å². The van der Waals surface area contributed by atoms with Crippen LogP contribution < -0.4 is 10.5 Å². The predicted molar refractivity (Wildman–Crippen MR) is 67.2 cm³/mol. The summed E-state index contributed by atoms with van der Waals surface area (Å²) < 4.78 is 0. The van der Waals surface area contributed by atoms with Crippen LogP contribution in [0.15, 0.2) is 35.1 Å². The lowest BCUT2D eigenvalue weighted by molar-refractivity contribution is 0.0925. The second kappa shape index (κ2) is 3.88. The van der Waals surface area contributed by atoms with Gasteiger partial charge in [0.15, 0.2) is 0 Å². The van der Waals surface area contributed by atoms with E-state index in [1.807, 2.05) is 0 Å². The van der Waals surface area contributed by atoms with Crippen LogP contribution in [0.5, 0.6) is 0 Å². The number of nitrogens with one attached hydrogen (secondary N) is 1. The molecule has 3 rings (SSSR count). The van der Waals surface area contributed by atoms with E-state index in [1.54, 1.807) is 31.2 Å². The lowest BCUT2D eigenvalue weighted by Gasteiger charge is -2.12. The normalized spacial score (nSPS) is 13.8. The van der Waals surface area contributed by atoms with Gasteiger partial charge in [0.25, 0.3) is 17.4 Å². The maximum atomic E-state index is 12.2. The quantitative estimate of drug-likeness (QED) is 0.767. The number of aryl methyl sites for hydroxylation is 1. The molecule has 94 valence electrons. The second-order valence-corrected chi connectivity index (χ2v) is 4.21. The standard InChI is InChI=1S/C13H9N3O3/c1-7-6-10(11(17)15-14-7)16-12(18)8-4-2-3-5-9(8)13(16)19/h2-6H,1H3,(H,15,17). The van der Waals surface area contributed by atoms with Gasteiger partial charge in [-0.1, -0.05) is 12.1 Å². The van der Waals surface area contributed by atoms with Crippen molar-refractivity contribution in [3.63, 3.8) is 0 Å². The van der Waals surface area contributed by atoms with Crippen LogP contribution in [0.4, 0.5) is 5.69 Å². The van der Waals surface area contributed by atoms with Crippen molar-refractivity contribution < 1.29 is 9.59 Å². The molecular weight excluding hydrogens is 246 g/mol. The first kappa shape index (κ1) is 11.3. The molecule has 0 aliphatic carbocycles. The highest BCUT2D eigenvalue weighted by atomic mass is 16.2. The number of aromatic nitrogens is 2. The molecule has 0 saturated heterocycles. The topological polar surface area (TPSA) is 83.1 Å². The minimum atomic E-state index is -0.569. The number of H-pyrrole nitrogens is 1. The number of carbonyl (C=O) groups is 2. The van der Waals surface area contributed by atoms with Gasteiger partial charge in [0.2, 0.25) is 0 Å². The van der Waals surface area contributed by atoms with Crippen molar-refractivity contribution in [2.45, 2.75) is 6.92 Å². The van der Waals surface area contributed by atoms with Gasteiger partial charge in [0, 0.05) is 0 Å². The molecule has 1 aromatic heterocycles. The molecule has 6 heteroatoms. The Bertz CT molecular complexity index is 729. The number of benzene rings is 1. The van der Waals surface area contributed by atoms with Crippen LogP contribution in [0.1, 0.15) is 26.4 Å². The van der Waals surface area contributed by atoms with E-state index in [9.17, 15) is 14.4 Å². The minimum Gasteiger partial charge on any atom is -0.268 e. The predicted octanol–water partition coefficient (Wildman–Crippen LogP) is 0.879. The smallest absolute Gasteiger partial charge is 0.268 e. The number of carbonyl (C=O) groups excluding carboxylic acids is 2. The van der Waals surface area contributed by atoms with Crippen LogP contribution in [0, 0.1) is 6.92 Å². The largest absolute Gasteiger partial charge is 0.288 e. The van der Waals surface area contributed by atoms with Gasteiger partial charge < -0.3 is 0 Å². The van der Waals surface area contributed by atoms with E-state index < -0.39 is 17.4 Å². The van der Waals surface area contributed by atoms with Crippen molar-refractivity contribution in [3.05, 3.63) is 57.5 Å². The van der Waals surface area contributed by atoms with Crippen molar-refractivity contribution in [3.8, 4) is 0 Å². The van der Waals surface area contributed by atoms with E-state index in [0.29, 0.717) is 16.8 Å². The molecular formula is C13H9N3O3. The van der Waals surface area contributed by atoms with Gasteiger partial charge in [0.1, 0.15) is 5.69 Å². The molecule has 0 atom stereocenters. The molecule has 2 amide bonds. The molecule has 1 N–H and O–H groups in total. The molecule has 2 heterocycles. The summed E-state index contributed by atoms with van der Waals surface area (Å²) >= 11 is 0. The highest BCUT2D eigenvalue weighted by Gasteiger charge is 2.37. The van der Waals surface area contributed by atoms with Crippen molar-refractivity contribution in [1.82, 2.24) is 10.2 Å². The molecule has 6 nitrogen and oxygen atoms in total. The van der Waals surface area contributed by atoms with Crippen LogP contribution in [0.2, 0.25) is 0 Å². The molecule has 1 aliphatic rings. The fraction of sp³-hybridized carbons (Fsp3) is 0.0769. The summed E-state index contributed by atoms with van der Waals surface area (Å²) in [5.41, 5.74) is 0.563. The van der Waals surface area contributed by atoms with Gasteiger partial charge in [0.05, 0.1) is 16.8 Å². The molecule has 0 unspecified atom stereocenters. The molecule has 19 heavy (non-hydrogen) atoms. The van der Waals surface area contributed by atoms with Gasteiger partial charge in [-0.2, -0.15) is 5.10 Å². The van der Waals surface area contributed by atoms with Gasteiger partial charge in [-0.15, -0.1) is 0 Å². The summed E-state index contributed by atoms with van der Waals surface area (Å²) in [6.07, 6.45) is 0. The number of nitrogens with zero attached hydrogens (tertiary/aromatic N) is 2. The van der Waals surface area contributed by atoms with Crippen molar-refractivity contribution in [1.29, 1.82) is 0 Å². The number of anilines is 1. The van der Waals surface area contributed by atoms with E-state index in [4.69, 9.17) is 0 Å². The molecule has 1 aliphatic heterocycles. The number of imide groups is 1. The molecule has 0 bridgehead atoms. The summed E-state index contributed by atoms with van der Waals surface area (Å²) in [6.45, 7) is 1.66. The van der Waals surface area contributed by atoms with E-state index in [0.717, 1.165) is 4.90 Å². The number of hydrogen-bond donors (Lipinski definition) is 1. The lowest BCUT2D eigenvalue weighted by atomic mass is 10.1. The van der Waals surface area contributed by atoms with Crippen molar-refractivity contribution in [2.75, 3.05) is 4.90 Å². The highest BCUT2D eigenvalue weighted by Crippen LogP contribution is 2.25. The Morgan fingerprint density at radius 2 is 1.63 bits per heavy atom. The summed E-state index contributed by atoms with van der Waals surface area (Å²) in [4.78, 5) is 37.0. The zero-order chi connectivity index (χ0) is 13.6. The Morgan fingerprint density at radius 3 is 2.21 bits per heavy atom. The highest BCUT2D eigenvalue weighted by molar-refractivity contribution is 6.34. The number of aromatic amines is 1. The lowest BCUT2D eigenvalue weighted by Crippen LogP contribution is -2.34. The maximum Gasteiger partial charge on any atom is 0.288 e. The summed E-state index contributed by atoms with van der Waals surface area (Å²) in [5.74, 6) is -0.978. The van der Waals surface area contributed by atoms with Crippen molar-refractivity contribution >= 4 is 17.5 Å². The zero-order valence-corrected chi connectivity index (χ0v) is 10.0. The fourth-order valence-corrected chi connectivity index (χ4v) is 2.07. The number of hydrogen-bond acceptors (Lipinski definition) is 4. The number of fused-ring (bicyclic) bond motifs is 1. The van der Waals surface area contributed by atoms with E-state index in [2.05, 4.69) is 10.2 Å². The number of rotatable bonds is 1. The Labute approximate surface area is 107 Å². The Kier molecular flexibility index (Phi) is 2.31. The van der Waals surface area contributed by atoms with Gasteiger partial charge in [-0.25, -0.2) is 10.00 Å². The SMILES string of the molecule is Cc1cc(N2C(=O)c3ccccc3C2=O)c(=O)[nH]n1. The monoisotopic (exact) mass is 255 g/mol. The zero-order valence-electron chi connectivity index (χ0n) is 10.0. The fourth-order valence-electron chi connectivity index (χ4n) is 2.07. The Hall–Kier alpha value is -2.76. The maximum absolute atomic E-state index is 12.2. The second-order valence-electron chi connectivity index (χ2n) is 4.21. The van der Waals surface area contributed by atoms with Crippen LogP contribution in [-0.4, -0.2) is 22.0 Å². The third-order valence-electron chi connectivity index (χ3n) is 2.95. The van der Waals surface area contributed by atoms with E-state index in [-0.39, 0.29) is 5.69 Å². The molecule has 0 saturated carbocycles. The first-order chi connectivity index (χ1) is 9.09.